The number of aliphatic imine (C=N–C) groups is 1. The van der Waals surface area contributed by atoms with Gasteiger partial charge < -0.3 is 5.32 Å². The lowest BCUT2D eigenvalue weighted by Gasteiger charge is -1.98. The lowest BCUT2D eigenvalue weighted by atomic mass is 10.3. The Morgan fingerprint density at radius 3 is 2.58 bits per heavy atom. The van der Waals surface area contributed by atoms with E-state index in [-0.39, 0.29) is 0 Å². The summed E-state index contributed by atoms with van der Waals surface area (Å²) in [4.78, 5) is 4.40. The molecule has 0 aliphatic carbocycles. The van der Waals surface area contributed by atoms with E-state index in [1.165, 1.54) is 12.8 Å². The predicted molar refractivity (Wildman–Crippen MR) is 55.7 cm³/mol. The van der Waals surface area contributed by atoms with Crippen molar-refractivity contribution in [3.05, 3.63) is 11.8 Å². The van der Waals surface area contributed by atoms with Crippen LogP contribution >= 0.6 is 0 Å². The smallest absolute Gasteiger partial charge is 0.0392 e. The average molecular weight is 168 g/mol. The zero-order valence-electron chi connectivity index (χ0n) is 8.65. The summed E-state index contributed by atoms with van der Waals surface area (Å²) in [5, 5.41) is 3.07. The number of unbranched alkanes of at least 4 members (excludes halogenated alkanes) is 1. The maximum atomic E-state index is 4.40. The zero-order chi connectivity index (χ0) is 9.40. The van der Waals surface area contributed by atoms with Crippen LogP contribution in [-0.2, 0) is 0 Å². The van der Waals surface area contributed by atoms with Crippen molar-refractivity contribution in [1.29, 1.82) is 0 Å². The number of nitrogens with zero attached hydrogens (tertiary/aromatic N) is 1. The molecule has 0 aliphatic heterocycles. The van der Waals surface area contributed by atoms with Crippen molar-refractivity contribution in [3.63, 3.8) is 0 Å². The zero-order valence-corrected chi connectivity index (χ0v) is 8.65. The molecule has 12 heavy (non-hydrogen) atoms. The lowest BCUT2D eigenvalue weighted by Crippen LogP contribution is -2.03. The van der Waals surface area contributed by atoms with Gasteiger partial charge in [-0.05, 0) is 26.3 Å². The first kappa shape index (κ1) is 11.2. The Morgan fingerprint density at radius 1 is 1.42 bits per heavy atom. The molecule has 0 aromatic carbocycles. The highest BCUT2D eigenvalue weighted by atomic mass is 14.8. The van der Waals surface area contributed by atoms with E-state index < -0.39 is 0 Å². The number of rotatable bonds is 5. The van der Waals surface area contributed by atoms with E-state index in [0.29, 0.717) is 0 Å². The minimum atomic E-state index is 0.954. The molecule has 0 aromatic rings. The Morgan fingerprint density at radius 2 is 2.08 bits per heavy atom. The van der Waals surface area contributed by atoms with Gasteiger partial charge in [-0.15, -0.1) is 0 Å². The first-order valence-corrected chi connectivity index (χ1v) is 4.57. The third kappa shape index (κ3) is 5.96. The standard InChI is InChI=1S/C10H20N2/c1-5-6-7-12-10(3)8-9(2)11-4/h8,11H,5-7H2,1-4H3. The van der Waals surface area contributed by atoms with Gasteiger partial charge >= 0.3 is 0 Å². The SMILES string of the molecule is CCCCN=C(C)C=C(C)NC. The first-order valence-electron chi connectivity index (χ1n) is 4.57. The third-order valence-electron chi connectivity index (χ3n) is 1.69. The van der Waals surface area contributed by atoms with Crippen LogP contribution in [0.25, 0.3) is 0 Å². The summed E-state index contributed by atoms with van der Waals surface area (Å²) in [5.41, 5.74) is 2.27. The average Bonchev–Trinajstić information content (AvgIpc) is 2.05. The fraction of sp³-hybridized carbons (Fsp3) is 0.700. The number of nitrogens with one attached hydrogen (secondary N) is 1. The first-order chi connectivity index (χ1) is 5.70. The summed E-state index contributed by atoms with van der Waals surface area (Å²) >= 11 is 0. The fourth-order valence-corrected chi connectivity index (χ4v) is 0.845. The van der Waals surface area contributed by atoms with E-state index in [1.54, 1.807) is 0 Å². The summed E-state index contributed by atoms with van der Waals surface area (Å²) in [6, 6.07) is 0. The number of hydrogen-bond donors (Lipinski definition) is 1. The van der Waals surface area contributed by atoms with E-state index >= 15 is 0 Å². The molecule has 2 heteroatoms. The minimum Gasteiger partial charge on any atom is -0.392 e. The largest absolute Gasteiger partial charge is 0.392 e. The molecule has 0 rings (SSSR count). The molecule has 0 fully saturated rings. The van der Waals surface area contributed by atoms with Gasteiger partial charge in [0.05, 0.1) is 0 Å². The Balaban J connectivity index is 3.84. The number of allylic oxidation sites excluding steroid dienone is 2. The monoisotopic (exact) mass is 168 g/mol. The van der Waals surface area contributed by atoms with Gasteiger partial charge in [-0.1, -0.05) is 13.3 Å². The van der Waals surface area contributed by atoms with Crippen LogP contribution in [0.15, 0.2) is 16.8 Å². The van der Waals surface area contributed by atoms with Crippen molar-refractivity contribution >= 4 is 5.71 Å². The molecule has 0 saturated carbocycles. The second kappa shape index (κ2) is 6.89. The topological polar surface area (TPSA) is 24.4 Å². The Hall–Kier alpha value is -0.790. The Labute approximate surface area is 75.8 Å². The van der Waals surface area contributed by atoms with Crippen molar-refractivity contribution in [2.45, 2.75) is 33.6 Å². The molecular weight excluding hydrogens is 148 g/mol. The molecule has 0 bridgehead atoms. The maximum absolute atomic E-state index is 4.40. The molecule has 0 saturated heterocycles. The summed E-state index contributed by atoms with van der Waals surface area (Å²) in [7, 11) is 1.92. The van der Waals surface area contributed by atoms with Crippen LogP contribution in [0.5, 0.6) is 0 Å². The van der Waals surface area contributed by atoms with Crippen LogP contribution in [0.4, 0.5) is 0 Å². The quantitative estimate of drug-likeness (QED) is 0.494. The molecule has 0 unspecified atom stereocenters. The Bertz CT molecular complexity index is 169. The minimum absolute atomic E-state index is 0.954. The molecule has 0 aliphatic rings. The second-order valence-electron chi connectivity index (χ2n) is 2.95. The van der Waals surface area contributed by atoms with Crippen LogP contribution < -0.4 is 5.32 Å². The van der Waals surface area contributed by atoms with E-state index in [1.807, 2.05) is 20.9 Å². The molecule has 70 valence electrons. The lowest BCUT2D eigenvalue weighted by molar-refractivity contribution is 0.808. The van der Waals surface area contributed by atoms with Crippen molar-refractivity contribution in [2.75, 3.05) is 13.6 Å². The Kier molecular flexibility index (Phi) is 6.44. The molecule has 1 N–H and O–H groups in total. The molecule has 0 heterocycles. The molecule has 0 radical (unpaired) electrons. The summed E-state index contributed by atoms with van der Waals surface area (Å²) in [5.74, 6) is 0. The van der Waals surface area contributed by atoms with Crippen LogP contribution in [0, 0.1) is 0 Å². The molecule has 0 aromatic heterocycles. The van der Waals surface area contributed by atoms with E-state index in [2.05, 4.69) is 23.3 Å². The molecular formula is C10H20N2. The van der Waals surface area contributed by atoms with Gasteiger partial charge in [0.25, 0.3) is 0 Å². The van der Waals surface area contributed by atoms with Crippen molar-refractivity contribution in [2.24, 2.45) is 4.99 Å². The van der Waals surface area contributed by atoms with Crippen LogP contribution in [0.3, 0.4) is 0 Å². The normalized spacial score (nSPS) is 13.3. The highest BCUT2D eigenvalue weighted by Crippen LogP contribution is 1.91. The number of hydrogen-bond acceptors (Lipinski definition) is 2. The van der Waals surface area contributed by atoms with E-state index in [0.717, 1.165) is 18.0 Å². The highest BCUT2D eigenvalue weighted by molar-refractivity contribution is 5.93. The third-order valence-corrected chi connectivity index (χ3v) is 1.69. The van der Waals surface area contributed by atoms with Crippen LogP contribution in [0.1, 0.15) is 33.6 Å². The van der Waals surface area contributed by atoms with Gasteiger partial charge in [-0.3, -0.25) is 4.99 Å². The van der Waals surface area contributed by atoms with Crippen molar-refractivity contribution in [1.82, 2.24) is 5.32 Å². The van der Waals surface area contributed by atoms with Gasteiger partial charge in [0.1, 0.15) is 0 Å². The van der Waals surface area contributed by atoms with Gasteiger partial charge in [0, 0.05) is 25.0 Å². The van der Waals surface area contributed by atoms with E-state index in [4.69, 9.17) is 0 Å². The highest BCUT2D eigenvalue weighted by Gasteiger charge is 1.86. The van der Waals surface area contributed by atoms with Gasteiger partial charge in [-0.2, -0.15) is 0 Å². The van der Waals surface area contributed by atoms with Crippen LogP contribution in [-0.4, -0.2) is 19.3 Å². The maximum Gasteiger partial charge on any atom is 0.0392 e. The van der Waals surface area contributed by atoms with Crippen LogP contribution in [0.2, 0.25) is 0 Å². The van der Waals surface area contributed by atoms with Gasteiger partial charge in [0.2, 0.25) is 0 Å². The molecule has 0 amide bonds. The second-order valence-corrected chi connectivity index (χ2v) is 2.95. The predicted octanol–water partition coefficient (Wildman–Crippen LogP) is 2.37. The van der Waals surface area contributed by atoms with Crippen molar-refractivity contribution < 1.29 is 0 Å². The molecule has 0 spiro atoms. The van der Waals surface area contributed by atoms with Gasteiger partial charge in [0.15, 0.2) is 0 Å². The summed E-state index contributed by atoms with van der Waals surface area (Å²) < 4.78 is 0. The fourth-order valence-electron chi connectivity index (χ4n) is 0.845. The van der Waals surface area contributed by atoms with Gasteiger partial charge in [-0.25, -0.2) is 0 Å². The van der Waals surface area contributed by atoms with E-state index in [9.17, 15) is 0 Å². The molecule has 0 atom stereocenters. The summed E-state index contributed by atoms with van der Waals surface area (Å²) in [6.07, 6.45) is 4.46. The van der Waals surface area contributed by atoms with Crippen molar-refractivity contribution in [3.8, 4) is 0 Å². The molecule has 2 nitrogen and oxygen atoms in total. The summed E-state index contributed by atoms with van der Waals surface area (Å²) in [6.45, 7) is 7.21.